The normalized spacial score (nSPS) is 15.4. The van der Waals surface area contributed by atoms with E-state index in [0.29, 0.717) is 5.92 Å². The highest BCUT2D eigenvalue weighted by Crippen LogP contribution is 2.18. The molecule has 1 aliphatic rings. The Hall–Kier alpha value is -2.43. The fraction of sp³-hybridized carbons (Fsp3) is 0.450. The van der Waals surface area contributed by atoms with Crippen LogP contribution in [0.25, 0.3) is 0 Å². The lowest BCUT2D eigenvalue weighted by Gasteiger charge is -2.32. The minimum atomic E-state index is 0.0175. The summed E-state index contributed by atoms with van der Waals surface area (Å²) in [6.07, 6.45) is 1.84. The van der Waals surface area contributed by atoms with Crippen molar-refractivity contribution < 1.29 is 4.79 Å². The molecule has 0 aliphatic carbocycles. The standard InChI is InChI=1S/C20H26N4O/c1-14(2)16-5-7-17(8-6-16)20(25)21-18-10-12-24(13-11-18)19-9-4-15(3)22-23-19/h4-9,14,18H,10-13H2,1-3H3,(H,21,25). The van der Waals surface area contributed by atoms with Gasteiger partial charge in [0.15, 0.2) is 5.82 Å². The Kier molecular flexibility index (Phi) is 5.31. The number of carbonyl (C=O) groups excluding carboxylic acids is 1. The molecule has 3 rings (SSSR count). The van der Waals surface area contributed by atoms with Gasteiger partial charge in [-0.15, -0.1) is 5.10 Å². The Labute approximate surface area is 149 Å². The van der Waals surface area contributed by atoms with E-state index in [1.165, 1.54) is 5.56 Å². The Morgan fingerprint density at radius 3 is 2.32 bits per heavy atom. The largest absolute Gasteiger partial charge is 0.355 e. The van der Waals surface area contributed by atoms with Gasteiger partial charge in [-0.05, 0) is 55.5 Å². The molecule has 1 amide bonds. The van der Waals surface area contributed by atoms with Crippen molar-refractivity contribution in [3.8, 4) is 0 Å². The highest BCUT2D eigenvalue weighted by atomic mass is 16.1. The molecule has 0 spiro atoms. The van der Waals surface area contributed by atoms with Crippen LogP contribution in [0.1, 0.15) is 54.2 Å². The third-order valence-corrected chi connectivity index (χ3v) is 4.78. The summed E-state index contributed by atoms with van der Waals surface area (Å²) in [5.74, 6) is 1.41. The van der Waals surface area contributed by atoms with Gasteiger partial charge in [0.1, 0.15) is 0 Å². The summed E-state index contributed by atoms with van der Waals surface area (Å²) in [6.45, 7) is 8.01. The smallest absolute Gasteiger partial charge is 0.251 e. The van der Waals surface area contributed by atoms with Gasteiger partial charge in [-0.1, -0.05) is 26.0 Å². The number of amides is 1. The Morgan fingerprint density at radius 2 is 1.76 bits per heavy atom. The van der Waals surface area contributed by atoms with Gasteiger partial charge < -0.3 is 10.2 Å². The number of nitrogens with zero attached hydrogens (tertiary/aromatic N) is 3. The monoisotopic (exact) mass is 338 g/mol. The van der Waals surface area contributed by atoms with E-state index in [-0.39, 0.29) is 11.9 Å². The predicted octanol–water partition coefficient (Wildman–Crippen LogP) is 3.31. The van der Waals surface area contributed by atoms with Crippen molar-refractivity contribution in [3.63, 3.8) is 0 Å². The zero-order valence-corrected chi connectivity index (χ0v) is 15.2. The topological polar surface area (TPSA) is 58.1 Å². The number of anilines is 1. The highest BCUT2D eigenvalue weighted by Gasteiger charge is 2.22. The maximum atomic E-state index is 12.4. The molecular formula is C20H26N4O. The van der Waals surface area contributed by atoms with Crippen LogP contribution in [0.15, 0.2) is 36.4 Å². The molecule has 0 radical (unpaired) electrons. The predicted molar refractivity (Wildman–Crippen MR) is 100 cm³/mol. The summed E-state index contributed by atoms with van der Waals surface area (Å²) in [5.41, 5.74) is 2.91. The molecule has 1 saturated heterocycles. The van der Waals surface area contributed by atoms with Gasteiger partial charge >= 0.3 is 0 Å². The van der Waals surface area contributed by atoms with Crippen LogP contribution in [0, 0.1) is 6.92 Å². The first-order valence-corrected chi connectivity index (χ1v) is 8.99. The molecular weight excluding hydrogens is 312 g/mol. The van der Waals surface area contributed by atoms with Crippen LogP contribution in [0.4, 0.5) is 5.82 Å². The van der Waals surface area contributed by atoms with Crippen molar-refractivity contribution in [2.24, 2.45) is 0 Å². The highest BCUT2D eigenvalue weighted by molar-refractivity contribution is 5.94. The summed E-state index contributed by atoms with van der Waals surface area (Å²) < 4.78 is 0. The Bertz CT molecular complexity index is 701. The van der Waals surface area contributed by atoms with Crippen LogP contribution in [0.3, 0.4) is 0 Å². The average Bonchev–Trinajstić information content (AvgIpc) is 2.63. The van der Waals surface area contributed by atoms with Crippen molar-refractivity contribution in [1.82, 2.24) is 15.5 Å². The van der Waals surface area contributed by atoms with E-state index in [1.807, 2.05) is 43.3 Å². The Morgan fingerprint density at radius 1 is 1.08 bits per heavy atom. The summed E-state index contributed by atoms with van der Waals surface area (Å²) in [4.78, 5) is 14.7. The van der Waals surface area contributed by atoms with Crippen LogP contribution in [-0.4, -0.2) is 35.2 Å². The van der Waals surface area contributed by atoms with Gasteiger partial charge in [-0.2, -0.15) is 5.10 Å². The fourth-order valence-corrected chi connectivity index (χ4v) is 3.10. The van der Waals surface area contributed by atoms with Crippen LogP contribution >= 0.6 is 0 Å². The van der Waals surface area contributed by atoms with E-state index in [9.17, 15) is 4.79 Å². The molecule has 1 fully saturated rings. The molecule has 132 valence electrons. The second-order valence-electron chi connectivity index (χ2n) is 7.04. The number of benzene rings is 1. The molecule has 2 aromatic rings. The van der Waals surface area contributed by atoms with Gasteiger partial charge in [-0.3, -0.25) is 4.79 Å². The minimum absolute atomic E-state index is 0.0175. The number of aryl methyl sites for hydroxylation is 1. The van der Waals surface area contributed by atoms with E-state index in [1.54, 1.807) is 0 Å². The molecule has 1 aromatic heterocycles. The van der Waals surface area contributed by atoms with Crippen molar-refractivity contribution in [2.75, 3.05) is 18.0 Å². The molecule has 25 heavy (non-hydrogen) atoms. The number of hydrogen-bond acceptors (Lipinski definition) is 4. The van der Waals surface area contributed by atoms with Gasteiger partial charge in [0.05, 0.1) is 5.69 Å². The molecule has 0 saturated carbocycles. The lowest BCUT2D eigenvalue weighted by Crippen LogP contribution is -2.45. The zero-order chi connectivity index (χ0) is 17.8. The first-order chi connectivity index (χ1) is 12.0. The molecule has 1 aromatic carbocycles. The summed E-state index contributed by atoms with van der Waals surface area (Å²) in [7, 11) is 0. The third kappa shape index (κ3) is 4.35. The molecule has 5 nitrogen and oxygen atoms in total. The van der Waals surface area contributed by atoms with Crippen molar-refractivity contribution in [3.05, 3.63) is 53.2 Å². The second kappa shape index (κ2) is 7.64. The first kappa shape index (κ1) is 17.4. The SMILES string of the molecule is Cc1ccc(N2CCC(NC(=O)c3ccc(C(C)C)cc3)CC2)nn1. The van der Waals surface area contributed by atoms with Crippen LogP contribution in [0.2, 0.25) is 0 Å². The van der Waals surface area contributed by atoms with Gasteiger partial charge in [0, 0.05) is 24.7 Å². The van der Waals surface area contributed by atoms with E-state index in [4.69, 9.17) is 0 Å². The fourth-order valence-electron chi connectivity index (χ4n) is 3.10. The van der Waals surface area contributed by atoms with E-state index in [2.05, 4.69) is 34.3 Å². The van der Waals surface area contributed by atoms with Crippen molar-refractivity contribution in [1.29, 1.82) is 0 Å². The maximum absolute atomic E-state index is 12.4. The molecule has 0 unspecified atom stereocenters. The van der Waals surface area contributed by atoms with Crippen LogP contribution in [-0.2, 0) is 0 Å². The Balaban J connectivity index is 1.53. The lowest BCUT2D eigenvalue weighted by atomic mass is 10.0. The molecule has 5 heteroatoms. The summed E-state index contributed by atoms with van der Waals surface area (Å²) >= 11 is 0. The zero-order valence-electron chi connectivity index (χ0n) is 15.2. The molecule has 0 atom stereocenters. The minimum Gasteiger partial charge on any atom is -0.355 e. The number of nitrogens with one attached hydrogen (secondary N) is 1. The van der Waals surface area contributed by atoms with E-state index < -0.39 is 0 Å². The molecule has 0 bridgehead atoms. The number of hydrogen-bond donors (Lipinski definition) is 1. The summed E-state index contributed by atoms with van der Waals surface area (Å²) in [6, 6.07) is 12.1. The van der Waals surface area contributed by atoms with Crippen molar-refractivity contribution in [2.45, 2.75) is 45.6 Å². The van der Waals surface area contributed by atoms with Crippen LogP contribution < -0.4 is 10.2 Å². The third-order valence-electron chi connectivity index (χ3n) is 4.78. The van der Waals surface area contributed by atoms with Gasteiger partial charge in [0.25, 0.3) is 5.91 Å². The molecule has 2 heterocycles. The quantitative estimate of drug-likeness (QED) is 0.929. The average molecular weight is 338 g/mol. The van der Waals surface area contributed by atoms with E-state index >= 15 is 0 Å². The summed E-state index contributed by atoms with van der Waals surface area (Å²) in [5, 5.41) is 11.5. The number of piperidine rings is 1. The van der Waals surface area contributed by atoms with Crippen LogP contribution in [0.5, 0.6) is 0 Å². The van der Waals surface area contributed by atoms with Gasteiger partial charge in [-0.25, -0.2) is 0 Å². The maximum Gasteiger partial charge on any atom is 0.251 e. The van der Waals surface area contributed by atoms with E-state index in [0.717, 1.165) is 43.0 Å². The number of carbonyl (C=O) groups is 1. The number of rotatable bonds is 4. The number of aromatic nitrogens is 2. The van der Waals surface area contributed by atoms with Crippen molar-refractivity contribution >= 4 is 11.7 Å². The first-order valence-electron chi connectivity index (χ1n) is 8.99. The molecule has 1 aliphatic heterocycles. The van der Waals surface area contributed by atoms with Gasteiger partial charge in [0.2, 0.25) is 0 Å². The lowest BCUT2D eigenvalue weighted by molar-refractivity contribution is 0.0931. The molecule has 1 N–H and O–H groups in total. The second-order valence-corrected chi connectivity index (χ2v) is 7.04.